The Bertz CT molecular complexity index is 443. The van der Waals surface area contributed by atoms with Crippen LogP contribution >= 0.6 is 15.9 Å². The summed E-state index contributed by atoms with van der Waals surface area (Å²) in [7, 11) is 0. The monoisotopic (exact) mass is 313 g/mol. The largest absolute Gasteiger partial charge is 0.339 e. The topological polar surface area (TPSA) is 20.3 Å². The highest BCUT2D eigenvalue weighted by Gasteiger charge is 2.28. The lowest BCUT2D eigenvalue weighted by Crippen LogP contribution is -2.41. The lowest BCUT2D eigenvalue weighted by Gasteiger charge is -2.37. The van der Waals surface area contributed by atoms with Gasteiger partial charge >= 0.3 is 0 Å². The highest BCUT2D eigenvalue weighted by atomic mass is 79.9. The second-order valence-corrected chi connectivity index (χ2v) is 6.53. The number of hydrogen-bond acceptors (Lipinski definition) is 1. The number of likely N-dealkylation sites (tertiary alicyclic amines) is 1. The zero-order chi connectivity index (χ0) is 13.3. The molecule has 0 atom stereocenters. The molecule has 0 aromatic heterocycles. The molecule has 1 saturated heterocycles. The Labute approximate surface area is 115 Å². The second kappa shape index (κ2) is 5.00. The maximum atomic E-state index is 13.3. The average Bonchev–Trinajstić information content (AvgIpc) is 2.27. The van der Waals surface area contributed by atoms with Gasteiger partial charge in [0.1, 0.15) is 5.82 Å². The fraction of sp³-hybridized carbons (Fsp3) is 0.500. The molecule has 1 fully saturated rings. The zero-order valence-electron chi connectivity index (χ0n) is 10.7. The van der Waals surface area contributed by atoms with Crippen molar-refractivity contribution in [3.63, 3.8) is 0 Å². The summed E-state index contributed by atoms with van der Waals surface area (Å²) < 4.78 is 13.9. The Hall–Kier alpha value is -0.900. The number of nitrogens with zero attached hydrogens (tertiary/aromatic N) is 1. The first-order valence-electron chi connectivity index (χ1n) is 6.13. The maximum Gasteiger partial charge on any atom is 0.253 e. The third-order valence-electron chi connectivity index (χ3n) is 3.51. The molecule has 1 heterocycles. The lowest BCUT2D eigenvalue weighted by atomic mass is 9.82. The predicted molar refractivity (Wildman–Crippen MR) is 73.0 cm³/mol. The van der Waals surface area contributed by atoms with E-state index < -0.39 is 0 Å². The summed E-state index contributed by atoms with van der Waals surface area (Å²) in [5.74, 6) is -0.462. The molecule has 4 heteroatoms. The SMILES string of the molecule is CC1(C)CCN(C(=O)c2cc(F)cc(Br)c2)CC1. The Morgan fingerprint density at radius 3 is 2.44 bits per heavy atom. The van der Waals surface area contributed by atoms with Gasteiger partial charge in [-0.1, -0.05) is 29.8 Å². The summed E-state index contributed by atoms with van der Waals surface area (Å²) in [5, 5.41) is 0. The minimum Gasteiger partial charge on any atom is -0.339 e. The van der Waals surface area contributed by atoms with Gasteiger partial charge in [0.05, 0.1) is 0 Å². The van der Waals surface area contributed by atoms with E-state index in [1.165, 1.54) is 12.1 Å². The minimum atomic E-state index is -0.384. The standard InChI is InChI=1S/C14H17BrFNO/c1-14(2)3-5-17(6-4-14)13(18)10-7-11(15)9-12(16)8-10/h7-9H,3-6H2,1-2H3. The summed E-state index contributed by atoms with van der Waals surface area (Å²) in [6.45, 7) is 5.93. The molecule has 0 bridgehead atoms. The van der Waals surface area contributed by atoms with Gasteiger partial charge in [-0.25, -0.2) is 4.39 Å². The van der Waals surface area contributed by atoms with E-state index in [1.807, 2.05) is 4.90 Å². The molecule has 2 rings (SSSR count). The van der Waals surface area contributed by atoms with Gasteiger partial charge in [-0.05, 0) is 36.5 Å². The molecule has 0 unspecified atom stereocenters. The van der Waals surface area contributed by atoms with Crippen LogP contribution in [0, 0.1) is 11.2 Å². The fourth-order valence-electron chi connectivity index (χ4n) is 2.18. The quantitative estimate of drug-likeness (QED) is 0.771. The number of carbonyl (C=O) groups is 1. The van der Waals surface area contributed by atoms with Gasteiger partial charge in [0.25, 0.3) is 5.91 Å². The van der Waals surface area contributed by atoms with Gasteiger partial charge in [-0.15, -0.1) is 0 Å². The van der Waals surface area contributed by atoms with E-state index in [0.29, 0.717) is 15.5 Å². The van der Waals surface area contributed by atoms with Crippen LogP contribution in [0.5, 0.6) is 0 Å². The van der Waals surface area contributed by atoms with Crippen molar-refractivity contribution in [2.24, 2.45) is 5.41 Å². The van der Waals surface area contributed by atoms with E-state index in [1.54, 1.807) is 6.07 Å². The van der Waals surface area contributed by atoms with Crippen molar-refractivity contribution in [3.8, 4) is 0 Å². The molecule has 0 aliphatic carbocycles. The first kappa shape index (κ1) is 13.5. The van der Waals surface area contributed by atoms with Crippen LogP contribution in [0.4, 0.5) is 4.39 Å². The van der Waals surface area contributed by atoms with Crippen LogP contribution in [-0.4, -0.2) is 23.9 Å². The van der Waals surface area contributed by atoms with Crippen molar-refractivity contribution in [2.75, 3.05) is 13.1 Å². The molecule has 1 aliphatic heterocycles. The van der Waals surface area contributed by atoms with Gasteiger partial charge < -0.3 is 4.90 Å². The van der Waals surface area contributed by atoms with Gasteiger partial charge in [-0.3, -0.25) is 4.79 Å². The van der Waals surface area contributed by atoms with E-state index in [2.05, 4.69) is 29.8 Å². The van der Waals surface area contributed by atoms with Crippen LogP contribution in [0.25, 0.3) is 0 Å². The molecule has 1 aromatic carbocycles. The number of piperidine rings is 1. The molecule has 1 aromatic rings. The molecule has 2 nitrogen and oxygen atoms in total. The van der Waals surface area contributed by atoms with Gasteiger partial charge in [0.15, 0.2) is 0 Å². The number of amides is 1. The Morgan fingerprint density at radius 1 is 1.28 bits per heavy atom. The third kappa shape index (κ3) is 3.10. The van der Waals surface area contributed by atoms with E-state index in [0.717, 1.165) is 25.9 Å². The molecule has 98 valence electrons. The summed E-state index contributed by atoms with van der Waals surface area (Å²) >= 11 is 3.21. The highest BCUT2D eigenvalue weighted by molar-refractivity contribution is 9.10. The Morgan fingerprint density at radius 2 is 1.89 bits per heavy atom. The van der Waals surface area contributed by atoms with Gasteiger partial charge in [-0.2, -0.15) is 0 Å². The summed E-state index contributed by atoms with van der Waals surface area (Å²) in [6.07, 6.45) is 1.99. The normalized spacial score (nSPS) is 18.8. The highest BCUT2D eigenvalue weighted by Crippen LogP contribution is 2.30. The molecular formula is C14H17BrFNO. The van der Waals surface area contributed by atoms with E-state index >= 15 is 0 Å². The third-order valence-corrected chi connectivity index (χ3v) is 3.97. The van der Waals surface area contributed by atoms with E-state index in [9.17, 15) is 9.18 Å². The zero-order valence-corrected chi connectivity index (χ0v) is 12.3. The van der Waals surface area contributed by atoms with Crippen LogP contribution in [0.3, 0.4) is 0 Å². The molecule has 1 aliphatic rings. The van der Waals surface area contributed by atoms with Crippen molar-refractivity contribution in [1.29, 1.82) is 0 Å². The number of benzene rings is 1. The minimum absolute atomic E-state index is 0.0781. The van der Waals surface area contributed by atoms with Crippen molar-refractivity contribution < 1.29 is 9.18 Å². The first-order chi connectivity index (χ1) is 8.37. The number of carbonyl (C=O) groups excluding carboxylic acids is 1. The Balaban J connectivity index is 2.12. The van der Waals surface area contributed by atoms with Crippen LogP contribution in [0.15, 0.2) is 22.7 Å². The van der Waals surface area contributed by atoms with Gasteiger partial charge in [0, 0.05) is 23.1 Å². The lowest BCUT2D eigenvalue weighted by molar-refractivity contribution is 0.0629. The van der Waals surface area contributed by atoms with Gasteiger partial charge in [0.2, 0.25) is 0 Å². The summed E-state index contributed by atoms with van der Waals surface area (Å²) in [4.78, 5) is 14.1. The smallest absolute Gasteiger partial charge is 0.253 e. The van der Waals surface area contributed by atoms with E-state index in [-0.39, 0.29) is 11.7 Å². The Kier molecular flexibility index (Phi) is 3.76. The maximum absolute atomic E-state index is 13.3. The van der Waals surface area contributed by atoms with Crippen LogP contribution in [-0.2, 0) is 0 Å². The average molecular weight is 314 g/mol. The number of halogens is 2. The predicted octanol–water partition coefficient (Wildman–Crippen LogP) is 3.85. The molecular weight excluding hydrogens is 297 g/mol. The summed E-state index contributed by atoms with van der Waals surface area (Å²) in [6, 6.07) is 4.33. The van der Waals surface area contributed by atoms with Crippen molar-refractivity contribution in [1.82, 2.24) is 4.90 Å². The molecule has 0 N–H and O–H groups in total. The first-order valence-corrected chi connectivity index (χ1v) is 6.92. The molecule has 0 saturated carbocycles. The molecule has 1 amide bonds. The fourth-order valence-corrected chi connectivity index (χ4v) is 2.64. The number of rotatable bonds is 1. The molecule has 0 spiro atoms. The molecule has 0 radical (unpaired) electrons. The summed E-state index contributed by atoms with van der Waals surface area (Å²) in [5.41, 5.74) is 0.723. The van der Waals surface area contributed by atoms with Crippen molar-refractivity contribution in [2.45, 2.75) is 26.7 Å². The van der Waals surface area contributed by atoms with Crippen LogP contribution < -0.4 is 0 Å². The number of hydrogen-bond donors (Lipinski definition) is 0. The van der Waals surface area contributed by atoms with E-state index in [4.69, 9.17) is 0 Å². The molecule has 18 heavy (non-hydrogen) atoms. The van der Waals surface area contributed by atoms with Crippen molar-refractivity contribution >= 4 is 21.8 Å². The second-order valence-electron chi connectivity index (χ2n) is 5.61. The van der Waals surface area contributed by atoms with Crippen molar-refractivity contribution in [3.05, 3.63) is 34.1 Å². The van der Waals surface area contributed by atoms with Crippen LogP contribution in [0.1, 0.15) is 37.0 Å². The van der Waals surface area contributed by atoms with Crippen LogP contribution in [0.2, 0.25) is 0 Å².